The van der Waals surface area contributed by atoms with Gasteiger partial charge < -0.3 is 15.8 Å². The molecule has 92 valence electrons. The van der Waals surface area contributed by atoms with Crippen LogP contribution in [-0.2, 0) is 9.53 Å². The highest BCUT2D eigenvalue weighted by Crippen LogP contribution is 2.15. The number of ether oxygens (including phenoxy) is 1. The fourth-order valence-electron chi connectivity index (χ4n) is 1.35. The normalized spacial score (nSPS) is 12.9. The summed E-state index contributed by atoms with van der Waals surface area (Å²) in [6.45, 7) is 6.36. The van der Waals surface area contributed by atoms with E-state index in [4.69, 9.17) is 10.5 Å². The predicted octanol–water partition coefficient (Wildman–Crippen LogP) is 1.08. The van der Waals surface area contributed by atoms with Gasteiger partial charge in [-0.05, 0) is 27.2 Å². The number of halogens is 1. The Morgan fingerprint density at radius 1 is 1.53 bits per heavy atom. The minimum atomic E-state index is -0.199. The number of nitrogens with two attached hydrogens (primary N) is 1. The van der Waals surface area contributed by atoms with Crippen molar-refractivity contribution in [2.45, 2.75) is 45.3 Å². The second kappa shape index (κ2) is 7.91. The molecule has 0 saturated carbocycles. The molecule has 0 aromatic carbocycles. The topological polar surface area (TPSA) is 64.3 Å². The molecule has 0 spiro atoms. The van der Waals surface area contributed by atoms with Gasteiger partial charge in [-0.15, -0.1) is 12.4 Å². The number of methoxy groups -OCH3 is 1. The van der Waals surface area contributed by atoms with Crippen LogP contribution in [0.15, 0.2) is 0 Å². The average molecular weight is 239 g/mol. The summed E-state index contributed by atoms with van der Waals surface area (Å²) >= 11 is 0. The zero-order chi connectivity index (χ0) is 11.2. The highest BCUT2D eigenvalue weighted by atomic mass is 35.5. The lowest BCUT2D eigenvalue weighted by Gasteiger charge is -2.27. The molecular weight excluding hydrogens is 216 g/mol. The quantitative estimate of drug-likeness (QED) is 0.728. The Morgan fingerprint density at radius 2 is 2.07 bits per heavy atom. The minimum absolute atomic E-state index is 0. The van der Waals surface area contributed by atoms with Crippen LogP contribution in [0.25, 0.3) is 0 Å². The molecule has 4 nitrogen and oxygen atoms in total. The second-order valence-corrected chi connectivity index (χ2v) is 4.18. The third-order valence-corrected chi connectivity index (χ3v) is 2.13. The molecule has 15 heavy (non-hydrogen) atoms. The molecule has 0 aromatic heterocycles. The molecule has 0 fully saturated rings. The van der Waals surface area contributed by atoms with Crippen molar-refractivity contribution in [2.24, 2.45) is 5.73 Å². The number of hydrogen-bond acceptors (Lipinski definition) is 3. The minimum Gasteiger partial charge on any atom is -0.379 e. The van der Waals surface area contributed by atoms with Crippen LogP contribution >= 0.6 is 12.4 Å². The zero-order valence-corrected chi connectivity index (χ0v) is 10.8. The molecule has 0 heterocycles. The number of hydrogen-bond donors (Lipinski definition) is 2. The van der Waals surface area contributed by atoms with Gasteiger partial charge in [-0.2, -0.15) is 0 Å². The number of amides is 1. The van der Waals surface area contributed by atoms with Crippen molar-refractivity contribution in [1.29, 1.82) is 0 Å². The Morgan fingerprint density at radius 3 is 2.47 bits per heavy atom. The van der Waals surface area contributed by atoms with Gasteiger partial charge in [0.05, 0.1) is 5.60 Å². The standard InChI is InChI=1S/C10H22N2O2.ClH/c1-8(7-10(2,3)14-4)12-9(13)5-6-11;/h8H,5-7,11H2,1-4H3,(H,12,13);1H. The van der Waals surface area contributed by atoms with Gasteiger partial charge >= 0.3 is 0 Å². The smallest absolute Gasteiger partial charge is 0.221 e. The van der Waals surface area contributed by atoms with E-state index in [1.165, 1.54) is 0 Å². The van der Waals surface area contributed by atoms with E-state index in [0.717, 1.165) is 6.42 Å². The number of carbonyl (C=O) groups excluding carboxylic acids is 1. The van der Waals surface area contributed by atoms with E-state index in [9.17, 15) is 4.79 Å². The predicted molar refractivity (Wildman–Crippen MR) is 64.2 cm³/mol. The van der Waals surface area contributed by atoms with Gasteiger partial charge in [-0.1, -0.05) is 0 Å². The number of nitrogens with one attached hydrogen (secondary N) is 1. The van der Waals surface area contributed by atoms with Crippen LogP contribution in [0, 0.1) is 0 Å². The monoisotopic (exact) mass is 238 g/mol. The fourth-order valence-corrected chi connectivity index (χ4v) is 1.35. The van der Waals surface area contributed by atoms with Gasteiger partial charge in [0.1, 0.15) is 0 Å². The van der Waals surface area contributed by atoms with Crippen LogP contribution in [0.3, 0.4) is 0 Å². The highest BCUT2D eigenvalue weighted by Gasteiger charge is 2.20. The first kappa shape index (κ1) is 17.1. The molecule has 5 heteroatoms. The first-order valence-corrected chi connectivity index (χ1v) is 4.96. The first-order valence-electron chi connectivity index (χ1n) is 4.96. The Hall–Kier alpha value is -0.320. The maximum atomic E-state index is 11.2. The van der Waals surface area contributed by atoms with Crippen LogP contribution in [0.5, 0.6) is 0 Å². The van der Waals surface area contributed by atoms with E-state index in [2.05, 4.69) is 5.32 Å². The van der Waals surface area contributed by atoms with Crippen molar-refractivity contribution >= 4 is 18.3 Å². The van der Waals surface area contributed by atoms with Crippen molar-refractivity contribution in [1.82, 2.24) is 5.32 Å². The molecule has 3 N–H and O–H groups in total. The van der Waals surface area contributed by atoms with Crippen LogP contribution in [0.1, 0.15) is 33.6 Å². The third kappa shape index (κ3) is 8.66. The molecule has 0 saturated heterocycles. The van der Waals surface area contributed by atoms with Crippen molar-refractivity contribution < 1.29 is 9.53 Å². The summed E-state index contributed by atoms with van der Waals surface area (Å²) in [5, 5.41) is 2.87. The van der Waals surface area contributed by atoms with Crippen LogP contribution in [0.4, 0.5) is 0 Å². The Bertz CT molecular complexity index is 186. The zero-order valence-electron chi connectivity index (χ0n) is 10.0. The van der Waals surface area contributed by atoms with Gasteiger partial charge in [0.15, 0.2) is 0 Å². The van der Waals surface area contributed by atoms with Gasteiger partial charge in [-0.3, -0.25) is 4.79 Å². The summed E-state index contributed by atoms with van der Waals surface area (Å²) in [5.41, 5.74) is 5.07. The summed E-state index contributed by atoms with van der Waals surface area (Å²) in [4.78, 5) is 11.2. The summed E-state index contributed by atoms with van der Waals surface area (Å²) in [6.07, 6.45) is 1.18. The van der Waals surface area contributed by atoms with Gasteiger partial charge in [0.25, 0.3) is 0 Å². The van der Waals surface area contributed by atoms with Crippen molar-refractivity contribution in [3.63, 3.8) is 0 Å². The summed E-state index contributed by atoms with van der Waals surface area (Å²) in [7, 11) is 1.68. The van der Waals surface area contributed by atoms with E-state index in [0.29, 0.717) is 13.0 Å². The maximum Gasteiger partial charge on any atom is 0.221 e. The molecule has 0 aliphatic rings. The van der Waals surface area contributed by atoms with Crippen LogP contribution < -0.4 is 11.1 Å². The third-order valence-electron chi connectivity index (χ3n) is 2.13. The SMILES string of the molecule is COC(C)(C)CC(C)NC(=O)CCN.Cl. The molecule has 1 amide bonds. The van der Waals surface area contributed by atoms with Crippen molar-refractivity contribution in [2.75, 3.05) is 13.7 Å². The lowest BCUT2D eigenvalue weighted by Crippen LogP contribution is -2.39. The number of rotatable bonds is 6. The molecule has 0 aromatic rings. The molecule has 1 unspecified atom stereocenters. The van der Waals surface area contributed by atoms with Gasteiger partial charge in [-0.25, -0.2) is 0 Å². The summed E-state index contributed by atoms with van der Waals surface area (Å²) < 4.78 is 5.27. The molecular formula is C10H23ClN2O2. The van der Waals surface area contributed by atoms with Crippen molar-refractivity contribution in [3.8, 4) is 0 Å². The summed E-state index contributed by atoms with van der Waals surface area (Å²) in [5.74, 6) is 0.00639. The molecule has 0 aliphatic heterocycles. The summed E-state index contributed by atoms with van der Waals surface area (Å²) in [6, 6.07) is 0.115. The van der Waals surface area contributed by atoms with E-state index >= 15 is 0 Å². The molecule has 0 bridgehead atoms. The van der Waals surface area contributed by atoms with E-state index in [-0.39, 0.29) is 30.0 Å². The fraction of sp³-hybridized carbons (Fsp3) is 0.900. The highest BCUT2D eigenvalue weighted by molar-refractivity contribution is 5.85. The Labute approximate surface area is 98.3 Å². The Kier molecular flexibility index (Phi) is 9.01. The lowest BCUT2D eigenvalue weighted by atomic mass is 10.00. The first-order chi connectivity index (χ1) is 6.41. The average Bonchev–Trinajstić information content (AvgIpc) is 2.03. The van der Waals surface area contributed by atoms with Crippen molar-refractivity contribution in [3.05, 3.63) is 0 Å². The lowest BCUT2D eigenvalue weighted by molar-refractivity contribution is -0.121. The van der Waals surface area contributed by atoms with E-state index in [1.54, 1.807) is 7.11 Å². The molecule has 0 rings (SSSR count). The van der Waals surface area contributed by atoms with Crippen LogP contribution in [-0.4, -0.2) is 31.2 Å². The van der Waals surface area contributed by atoms with Gasteiger partial charge in [0, 0.05) is 26.1 Å². The van der Waals surface area contributed by atoms with Gasteiger partial charge in [0.2, 0.25) is 5.91 Å². The molecule has 1 atom stereocenters. The van der Waals surface area contributed by atoms with Crippen LogP contribution in [0.2, 0.25) is 0 Å². The largest absolute Gasteiger partial charge is 0.379 e. The Balaban J connectivity index is 0. The van der Waals surface area contributed by atoms with E-state index < -0.39 is 0 Å². The molecule has 0 radical (unpaired) electrons. The molecule has 0 aliphatic carbocycles. The maximum absolute atomic E-state index is 11.2. The second-order valence-electron chi connectivity index (χ2n) is 4.18. The van der Waals surface area contributed by atoms with E-state index in [1.807, 2.05) is 20.8 Å². The number of carbonyl (C=O) groups is 1.